The molecule has 0 fully saturated rings. The van der Waals surface area contributed by atoms with Crippen LogP contribution in [-0.2, 0) is 13.2 Å². The summed E-state index contributed by atoms with van der Waals surface area (Å²) < 4.78 is 32.1. The molecule has 0 radical (unpaired) electrons. The predicted octanol–water partition coefficient (Wildman–Crippen LogP) is 3.66. The van der Waals surface area contributed by atoms with Crippen LogP contribution in [-0.4, -0.2) is 0 Å². The average molecular weight is 284 g/mol. The molecule has 0 aliphatic carbocycles. The molecule has 2 aromatic rings. The number of benzene rings is 2. The van der Waals surface area contributed by atoms with E-state index in [1.165, 1.54) is 24.3 Å². The Hall–Kier alpha value is -1.65. The van der Waals surface area contributed by atoms with E-state index in [2.05, 4.69) is 0 Å². The summed E-state index contributed by atoms with van der Waals surface area (Å²) >= 11 is 5.64. The van der Waals surface area contributed by atoms with Crippen LogP contribution in [0.5, 0.6) is 5.75 Å². The molecular formula is C14H12ClF2NO. The lowest BCUT2D eigenvalue weighted by Gasteiger charge is -2.11. The molecule has 0 atom stereocenters. The number of halogens is 3. The van der Waals surface area contributed by atoms with E-state index >= 15 is 0 Å². The van der Waals surface area contributed by atoms with Crippen molar-refractivity contribution in [3.8, 4) is 5.75 Å². The second kappa shape index (κ2) is 5.99. The average Bonchev–Trinajstić information content (AvgIpc) is 2.40. The lowest BCUT2D eigenvalue weighted by Crippen LogP contribution is -2.06. The molecule has 2 N–H and O–H groups in total. The van der Waals surface area contributed by atoms with Crippen LogP contribution in [0.3, 0.4) is 0 Å². The van der Waals surface area contributed by atoms with Gasteiger partial charge in [0.1, 0.15) is 12.4 Å². The zero-order valence-corrected chi connectivity index (χ0v) is 10.8. The van der Waals surface area contributed by atoms with E-state index < -0.39 is 5.82 Å². The van der Waals surface area contributed by atoms with E-state index in [1.54, 1.807) is 12.1 Å². The van der Waals surface area contributed by atoms with E-state index in [-0.39, 0.29) is 29.7 Å². The van der Waals surface area contributed by atoms with Crippen molar-refractivity contribution >= 4 is 11.6 Å². The molecular weight excluding hydrogens is 272 g/mol. The van der Waals surface area contributed by atoms with Crippen LogP contribution in [0.15, 0.2) is 36.4 Å². The van der Waals surface area contributed by atoms with Gasteiger partial charge in [0.05, 0.1) is 5.02 Å². The van der Waals surface area contributed by atoms with Crippen molar-refractivity contribution in [2.24, 2.45) is 5.73 Å². The summed E-state index contributed by atoms with van der Waals surface area (Å²) in [7, 11) is 0. The van der Waals surface area contributed by atoms with Crippen molar-refractivity contribution in [2.45, 2.75) is 13.2 Å². The molecule has 2 aromatic carbocycles. The third-order valence-electron chi connectivity index (χ3n) is 2.69. The number of rotatable bonds is 4. The van der Waals surface area contributed by atoms with Gasteiger partial charge in [-0.05, 0) is 35.4 Å². The maximum absolute atomic E-state index is 13.6. The number of ether oxygens (including phenoxy) is 1. The van der Waals surface area contributed by atoms with Gasteiger partial charge in [0.25, 0.3) is 0 Å². The Morgan fingerprint density at radius 1 is 1.11 bits per heavy atom. The molecule has 0 bridgehead atoms. The summed E-state index contributed by atoms with van der Waals surface area (Å²) in [5.41, 5.74) is 6.89. The van der Waals surface area contributed by atoms with Gasteiger partial charge in [0.2, 0.25) is 0 Å². The molecule has 0 saturated carbocycles. The van der Waals surface area contributed by atoms with Gasteiger partial charge in [0, 0.05) is 6.54 Å². The molecule has 0 unspecified atom stereocenters. The first-order valence-electron chi connectivity index (χ1n) is 5.66. The summed E-state index contributed by atoms with van der Waals surface area (Å²) in [5.74, 6) is -0.989. The van der Waals surface area contributed by atoms with Crippen LogP contribution >= 0.6 is 11.6 Å². The van der Waals surface area contributed by atoms with Crippen LogP contribution in [0, 0.1) is 11.6 Å². The Morgan fingerprint density at radius 3 is 2.63 bits per heavy atom. The molecule has 0 heterocycles. The second-order valence-electron chi connectivity index (χ2n) is 3.96. The van der Waals surface area contributed by atoms with Crippen LogP contribution in [0.1, 0.15) is 11.1 Å². The van der Waals surface area contributed by atoms with Gasteiger partial charge in [-0.1, -0.05) is 23.7 Å². The first-order chi connectivity index (χ1) is 9.11. The highest BCUT2D eigenvalue weighted by Crippen LogP contribution is 2.25. The fourth-order valence-electron chi connectivity index (χ4n) is 1.68. The summed E-state index contributed by atoms with van der Waals surface area (Å²) in [5, 5.41) is -0.0178. The zero-order chi connectivity index (χ0) is 13.8. The first kappa shape index (κ1) is 13.8. The fourth-order valence-corrected chi connectivity index (χ4v) is 1.84. The van der Waals surface area contributed by atoms with E-state index in [0.717, 1.165) is 5.56 Å². The van der Waals surface area contributed by atoms with Gasteiger partial charge >= 0.3 is 0 Å². The standard InChI is InChI=1S/C14H12ClF2NO/c15-12-2-1-3-13(14(12)17)19-8-10-6-11(16)5-4-9(10)7-18/h1-6H,7-8,18H2. The van der Waals surface area contributed by atoms with Crippen LogP contribution in [0.4, 0.5) is 8.78 Å². The molecule has 0 aliphatic rings. The molecule has 0 aromatic heterocycles. The summed E-state index contributed by atoms with van der Waals surface area (Å²) in [6, 6.07) is 8.70. The third-order valence-corrected chi connectivity index (χ3v) is 2.98. The molecule has 0 spiro atoms. The molecule has 0 aliphatic heterocycles. The quantitative estimate of drug-likeness (QED) is 0.929. The van der Waals surface area contributed by atoms with E-state index in [0.29, 0.717) is 5.56 Å². The highest BCUT2D eigenvalue weighted by Gasteiger charge is 2.09. The van der Waals surface area contributed by atoms with Crippen molar-refractivity contribution in [1.29, 1.82) is 0 Å². The number of hydrogen-bond donors (Lipinski definition) is 1. The Morgan fingerprint density at radius 2 is 1.89 bits per heavy atom. The Balaban J connectivity index is 2.18. The monoisotopic (exact) mass is 283 g/mol. The summed E-state index contributed by atoms with van der Waals surface area (Å²) in [6.07, 6.45) is 0. The lowest BCUT2D eigenvalue weighted by molar-refractivity contribution is 0.288. The normalized spacial score (nSPS) is 10.5. The van der Waals surface area contributed by atoms with Crippen LogP contribution in [0.2, 0.25) is 5.02 Å². The summed E-state index contributed by atoms with van der Waals surface area (Å²) in [4.78, 5) is 0. The smallest absolute Gasteiger partial charge is 0.183 e. The lowest BCUT2D eigenvalue weighted by atomic mass is 10.1. The van der Waals surface area contributed by atoms with E-state index in [9.17, 15) is 8.78 Å². The minimum Gasteiger partial charge on any atom is -0.486 e. The van der Waals surface area contributed by atoms with Crippen molar-refractivity contribution in [2.75, 3.05) is 0 Å². The van der Waals surface area contributed by atoms with Gasteiger partial charge in [-0.2, -0.15) is 0 Å². The molecule has 0 amide bonds. The van der Waals surface area contributed by atoms with Gasteiger partial charge in [-0.25, -0.2) is 8.78 Å². The Bertz CT molecular complexity index is 590. The largest absolute Gasteiger partial charge is 0.486 e. The molecule has 19 heavy (non-hydrogen) atoms. The molecule has 100 valence electrons. The van der Waals surface area contributed by atoms with Gasteiger partial charge in [-0.15, -0.1) is 0 Å². The second-order valence-corrected chi connectivity index (χ2v) is 4.36. The zero-order valence-electron chi connectivity index (χ0n) is 10.00. The Labute approximate surface area is 114 Å². The van der Waals surface area contributed by atoms with E-state index in [1.807, 2.05) is 0 Å². The minimum atomic E-state index is -0.630. The predicted molar refractivity (Wildman–Crippen MR) is 70.0 cm³/mol. The number of nitrogens with two attached hydrogens (primary N) is 1. The highest BCUT2D eigenvalue weighted by molar-refractivity contribution is 6.30. The molecule has 2 rings (SSSR count). The Kier molecular flexibility index (Phi) is 4.35. The maximum Gasteiger partial charge on any atom is 0.183 e. The van der Waals surface area contributed by atoms with Gasteiger partial charge in [-0.3, -0.25) is 0 Å². The molecule has 5 heteroatoms. The van der Waals surface area contributed by atoms with Gasteiger partial charge in [0.15, 0.2) is 11.6 Å². The fraction of sp³-hybridized carbons (Fsp3) is 0.143. The third kappa shape index (κ3) is 3.22. The first-order valence-corrected chi connectivity index (χ1v) is 6.04. The molecule has 0 saturated heterocycles. The number of hydrogen-bond acceptors (Lipinski definition) is 2. The van der Waals surface area contributed by atoms with Crippen molar-refractivity contribution < 1.29 is 13.5 Å². The summed E-state index contributed by atoms with van der Waals surface area (Å²) in [6.45, 7) is 0.290. The van der Waals surface area contributed by atoms with Crippen molar-refractivity contribution in [3.05, 3.63) is 64.2 Å². The van der Waals surface area contributed by atoms with Crippen molar-refractivity contribution in [1.82, 2.24) is 0 Å². The van der Waals surface area contributed by atoms with E-state index in [4.69, 9.17) is 22.1 Å². The minimum absolute atomic E-state index is 0.0178. The SMILES string of the molecule is NCc1ccc(F)cc1COc1cccc(Cl)c1F. The van der Waals surface area contributed by atoms with Crippen LogP contribution in [0.25, 0.3) is 0 Å². The highest BCUT2D eigenvalue weighted by atomic mass is 35.5. The molecule has 2 nitrogen and oxygen atoms in total. The maximum atomic E-state index is 13.6. The van der Waals surface area contributed by atoms with Gasteiger partial charge < -0.3 is 10.5 Å². The topological polar surface area (TPSA) is 35.2 Å². The van der Waals surface area contributed by atoms with Crippen molar-refractivity contribution in [3.63, 3.8) is 0 Å². The van der Waals surface area contributed by atoms with Crippen LogP contribution < -0.4 is 10.5 Å².